The van der Waals surface area contributed by atoms with Crippen LogP contribution in [0.5, 0.6) is 0 Å². The topological polar surface area (TPSA) is 103 Å². The van der Waals surface area contributed by atoms with E-state index in [0.29, 0.717) is 22.2 Å². The first-order valence-corrected chi connectivity index (χ1v) is 8.04. The zero-order valence-corrected chi connectivity index (χ0v) is 14.3. The predicted molar refractivity (Wildman–Crippen MR) is 88.3 cm³/mol. The molecule has 1 N–H and O–H groups in total. The van der Waals surface area contributed by atoms with Gasteiger partial charge in [0.1, 0.15) is 17.2 Å². The highest BCUT2D eigenvalue weighted by molar-refractivity contribution is 7.99. The quantitative estimate of drug-likeness (QED) is 0.665. The van der Waals surface area contributed by atoms with Crippen LogP contribution in [0.2, 0.25) is 0 Å². The van der Waals surface area contributed by atoms with Crippen molar-refractivity contribution >= 4 is 23.3 Å². The van der Waals surface area contributed by atoms with Gasteiger partial charge in [0.15, 0.2) is 11.0 Å². The Bertz CT molecular complexity index is 795. The van der Waals surface area contributed by atoms with Gasteiger partial charge in [-0.2, -0.15) is 15.6 Å². The Labute approximate surface area is 139 Å². The second-order valence-corrected chi connectivity index (χ2v) is 6.56. The summed E-state index contributed by atoms with van der Waals surface area (Å²) < 4.78 is 1.60. The third-order valence-electron chi connectivity index (χ3n) is 3.16. The molecule has 2 aromatic rings. The van der Waals surface area contributed by atoms with Crippen LogP contribution in [0, 0.1) is 29.6 Å². The summed E-state index contributed by atoms with van der Waals surface area (Å²) in [5, 5.41) is 26.5. The third-order valence-corrected chi connectivity index (χ3v) is 3.90. The maximum Gasteiger partial charge on any atom is 0.189 e. The second kappa shape index (κ2) is 6.67. The smallest absolute Gasteiger partial charge is 0.189 e. The van der Waals surface area contributed by atoms with Gasteiger partial charge in [-0.05, 0) is 26.5 Å². The van der Waals surface area contributed by atoms with Gasteiger partial charge in [0.25, 0.3) is 0 Å². The van der Waals surface area contributed by atoms with Crippen molar-refractivity contribution in [2.75, 3.05) is 11.1 Å². The van der Waals surface area contributed by atoms with E-state index in [1.165, 1.54) is 18.0 Å². The molecule has 0 aromatic carbocycles. The molecule has 0 unspecified atom stereocenters. The number of rotatable bonds is 5. The molecule has 0 aliphatic carbocycles. The molecule has 0 aliphatic heterocycles. The molecule has 0 radical (unpaired) electrons. The van der Waals surface area contributed by atoms with E-state index in [0.717, 1.165) is 11.4 Å². The van der Waals surface area contributed by atoms with Crippen LogP contribution in [-0.4, -0.2) is 25.5 Å². The molecule has 0 saturated carbocycles. The van der Waals surface area contributed by atoms with E-state index in [2.05, 4.69) is 32.5 Å². The molecule has 0 atom stereocenters. The molecule has 0 bridgehead atoms. The SMILES string of the molecule is CCSc1ncc(C#N)c(Nc2cn(C(C)(C)C#N)nc2C)n1. The van der Waals surface area contributed by atoms with Gasteiger partial charge < -0.3 is 5.32 Å². The average Bonchev–Trinajstić information content (AvgIpc) is 2.90. The zero-order chi connectivity index (χ0) is 17.0. The number of hydrogen-bond donors (Lipinski definition) is 1. The molecule has 0 fully saturated rings. The summed E-state index contributed by atoms with van der Waals surface area (Å²) in [7, 11) is 0. The van der Waals surface area contributed by atoms with Crippen molar-refractivity contribution in [3.63, 3.8) is 0 Å². The molecular formula is C15H17N7S. The zero-order valence-electron chi connectivity index (χ0n) is 13.5. The summed E-state index contributed by atoms with van der Waals surface area (Å²) >= 11 is 1.50. The maximum atomic E-state index is 9.22. The molecule has 0 amide bonds. The number of aryl methyl sites for hydroxylation is 1. The van der Waals surface area contributed by atoms with Crippen molar-refractivity contribution in [3.05, 3.63) is 23.7 Å². The normalized spacial score (nSPS) is 10.9. The standard InChI is InChI=1S/C15H17N7S/c1-5-23-14-18-7-11(6-16)13(20-14)19-12-8-22(21-10(12)2)15(3,4)9-17/h7-8H,5H2,1-4H3,(H,18,19,20). The van der Waals surface area contributed by atoms with Crippen LogP contribution in [0.15, 0.2) is 17.6 Å². The summed E-state index contributed by atoms with van der Waals surface area (Å²) in [6.45, 7) is 7.41. The molecule has 23 heavy (non-hydrogen) atoms. The Morgan fingerprint density at radius 2 is 2.13 bits per heavy atom. The molecule has 7 nitrogen and oxygen atoms in total. The lowest BCUT2D eigenvalue weighted by molar-refractivity contribution is 0.416. The summed E-state index contributed by atoms with van der Waals surface area (Å²) in [5.74, 6) is 1.29. The highest BCUT2D eigenvalue weighted by atomic mass is 32.2. The molecule has 2 heterocycles. The summed E-state index contributed by atoms with van der Waals surface area (Å²) in [6.07, 6.45) is 3.25. The lowest BCUT2D eigenvalue weighted by atomic mass is 10.1. The van der Waals surface area contributed by atoms with Crippen LogP contribution in [0.3, 0.4) is 0 Å². The third kappa shape index (κ3) is 3.61. The monoisotopic (exact) mass is 327 g/mol. The van der Waals surface area contributed by atoms with E-state index in [1.807, 2.05) is 13.8 Å². The Balaban J connectivity index is 2.38. The van der Waals surface area contributed by atoms with Crippen molar-refractivity contribution in [1.82, 2.24) is 19.7 Å². The van der Waals surface area contributed by atoms with Crippen LogP contribution < -0.4 is 5.32 Å². The van der Waals surface area contributed by atoms with Gasteiger partial charge in [-0.15, -0.1) is 0 Å². The minimum absolute atomic E-state index is 0.358. The van der Waals surface area contributed by atoms with Crippen molar-refractivity contribution in [3.8, 4) is 12.1 Å². The van der Waals surface area contributed by atoms with Crippen molar-refractivity contribution in [2.24, 2.45) is 0 Å². The van der Waals surface area contributed by atoms with Crippen molar-refractivity contribution < 1.29 is 0 Å². The number of thioether (sulfide) groups is 1. The molecule has 2 aromatic heterocycles. The molecular weight excluding hydrogens is 310 g/mol. The highest BCUT2D eigenvalue weighted by Crippen LogP contribution is 2.25. The molecule has 8 heteroatoms. The van der Waals surface area contributed by atoms with Gasteiger partial charge in [-0.1, -0.05) is 18.7 Å². The van der Waals surface area contributed by atoms with E-state index in [-0.39, 0.29) is 0 Å². The minimum atomic E-state index is -0.752. The Morgan fingerprint density at radius 3 is 2.74 bits per heavy atom. The van der Waals surface area contributed by atoms with E-state index in [4.69, 9.17) is 0 Å². The maximum absolute atomic E-state index is 9.22. The summed E-state index contributed by atoms with van der Waals surface area (Å²) in [4.78, 5) is 8.52. The highest BCUT2D eigenvalue weighted by Gasteiger charge is 2.22. The summed E-state index contributed by atoms with van der Waals surface area (Å²) in [5.41, 5.74) is 1.03. The van der Waals surface area contributed by atoms with Gasteiger partial charge in [-0.25, -0.2) is 9.97 Å². The Kier molecular flexibility index (Phi) is 4.87. The van der Waals surface area contributed by atoms with Gasteiger partial charge in [-0.3, -0.25) is 4.68 Å². The average molecular weight is 327 g/mol. The predicted octanol–water partition coefficient (Wildman–Crippen LogP) is 2.97. The van der Waals surface area contributed by atoms with Gasteiger partial charge in [0.2, 0.25) is 0 Å². The molecule has 0 saturated heterocycles. The fourth-order valence-corrected chi connectivity index (χ4v) is 2.33. The van der Waals surface area contributed by atoms with Crippen LogP contribution in [0.4, 0.5) is 11.5 Å². The van der Waals surface area contributed by atoms with Crippen LogP contribution >= 0.6 is 11.8 Å². The second-order valence-electron chi connectivity index (χ2n) is 5.33. The number of aromatic nitrogens is 4. The lowest BCUT2D eigenvalue weighted by Crippen LogP contribution is -2.24. The van der Waals surface area contributed by atoms with Gasteiger partial charge in [0, 0.05) is 0 Å². The number of nitriles is 2. The van der Waals surface area contributed by atoms with Crippen molar-refractivity contribution in [2.45, 2.75) is 38.4 Å². The first kappa shape index (κ1) is 16.8. The first-order chi connectivity index (χ1) is 10.9. The number of nitrogens with one attached hydrogen (secondary N) is 1. The summed E-state index contributed by atoms with van der Waals surface area (Å²) in [6, 6.07) is 4.28. The van der Waals surface area contributed by atoms with Crippen LogP contribution in [-0.2, 0) is 5.54 Å². The largest absolute Gasteiger partial charge is 0.336 e. The van der Waals surface area contributed by atoms with E-state index >= 15 is 0 Å². The van der Waals surface area contributed by atoms with Crippen molar-refractivity contribution in [1.29, 1.82) is 10.5 Å². The molecule has 118 valence electrons. The van der Waals surface area contributed by atoms with Crippen LogP contribution in [0.25, 0.3) is 0 Å². The van der Waals surface area contributed by atoms with Gasteiger partial charge >= 0.3 is 0 Å². The van der Waals surface area contributed by atoms with Gasteiger partial charge in [0.05, 0.1) is 29.8 Å². The number of anilines is 2. The van der Waals surface area contributed by atoms with Crippen LogP contribution in [0.1, 0.15) is 32.0 Å². The fraction of sp³-hybridized carbons (Fsp3) is 0.400. The lowest BCUT2D eigenvalue weighted by Gasteiger charge is -2.15. The molecule has 2 rings (SSSR count). The molecule has 0 aliphatic rings. The Morgan fingerprint density at radius 1 is 1.39 bits per heavy atom. The Hall–Kier alpha value is -2.58. The van der Waals surface area contributed by atoms with E-state index in [1.54, 1.807) is 24.7 Å². The van der Waals surface area contributed by atoms with E-state index in [9.17, 15) is 10.5 Å². The number of hydrogen-bond acceptors (Lipinski definition) is 7. The fourth-order valence-electron chi connectivity index (χ4n) is 1.79. The molecule has 0 spiro atoms. The first-order valence-electron chi connectivity index (χ1n) is 7.06. The number of nitrogens with zero attached hydrogens (tertiary/aromatic N) is 6. The minimum Gasteiger partial charge on any atom is -0.336 e. The van der Waals surface area contributed by atoms with E-state index < -0.39 is 5.54 Å².